The third-order valence-corrected chi connectivity index (χ3v) is 4.44. The van der Waals surface area contributed by atoms with Crippen LogP contribution >= 0.6 is 11.6 Å². The van der Waals surface area contributed by atoms with Crippen LogP contribution in [-0.4, -0.2) is 47.7 Å². The largest absolute Gasteiger partial charge is 0.487 e. The maximum absolute atomic E-state index is 12.2. The Hall–Kier alpha value is -1.95. The molecule has 1 aromatic carbocycles. The number of likely N-dealkylation sites (tertiary alicyclic amines) is 1. The van der Waals surface area contributed by atoms with Crippen molar-refractivity contribution < 1.29 is 19.4 Å². The minimum absolute atomic E-state index is 0.200. The zero-order valence-electron chi connectivity index (χ0n) is 13.7. The number of carboxylic acid groups (broad SMARTS) is 1. The fourth-order valence-corrected chi connectivity index (χ4v) is 2.85. The molecule has 2 amide bonds. The van der Waals surface area contributed by atoms with Gasteiger partial charge in [-0.1, -0.05) is 30.7 Å². The lowest BCUT2D eigenvalue weighted by atomic mass is 9.99. The summed E-state index contributed by atoms with van der Waals surface area (Å²) in [5, 5.41) is 12.5. The highest BCUT2D eigenvalue weighted by molar-refractivity contribution is 6.32. The molecule has 1 aliphatic rings. The van der Waals surface area contributed by atoms with Gasteiger partial charge in [-0.25, -0.2) is 4.79 Å². The minimum Gasteiger partial charge on any atom is -0.487 e. The summed E-state index contributed by atoms with van der Waals surface area (Å²) in [6.45, 7) is 3.14. The molecule has 0 spiro atoms. The van der Waals surface area contributed by atoms with Gasteiger partial charge >= 0.3 is 12.0 Å². The lowest BCUT2D eigenvalue weighted by Crippen LogP contribution is -2.49. The number of benzene rings is 1. The van der Waals surface area contributed by atoms with E-state index >= 15 is 0 Å². The van der Waals surface area contributed by atoms with Gasteiger partial charge in [0.25, 0.3) is 0 Å². The number of hydrogen-bond donors (Lipinski definition) is 2. The Balaban J connectivity index is 1.85. The number of halogens is 1. The highest BCUT2D eigenvalue weighted by atomic mass is 35.5. The molecule has 2 rings (SSSR count). The Morgan fingerprint density at radius 3 is 2.88 bits per heavy atom. The summed E-state index contributed by atoms with van der Waals surface area (Å²) in [6, 6.07) is 6.96. The maximum Gasteiger partial charge on any atom is 0.317 e. The van der Waals surface area contributed by atoms with E-state index < -0.39 is 11.9 Å². The molecule has 0 bridgehead atoms. The number of amides is 2. The second kappa shape index (κ2) is 8.78. The predicted molar refractivity (Wildman–Crippen MR) is 91.5 cm³/mol. The molecule has 132 valence electrons. The van der Waals surface area contributed by atoms with Gasteiger partial charge < -0.3 is 20.1 Å². The van der Waals surface area contributed by atoms with Gasteiger partial charge in [-0.05, 0) is 31.4 Å². The fraction of sp³-hybridized carbons (Fsp3) is 0.529. The van der Waals surface area contributed by atoms with Crippen molar-refractivity contribution >= 4 is 23.6 Å². The zero-order valence-corrected chi connectivity index (χ0v) is 14.5. The molecule has 1 fully saturated rings. The van der Waals surface area contributed by atoms with Crippen LogP contribution in [0.2, 0.25) is 5.02 Å². The van der Waals surface area contributed by atoms with E-state index in [0.717, 1.165) is 0 Å². The number of urea groups is 1. The van der Waals surface area contributed by atoms with Crippen LogP contribution in [0.25, 0.3) is 0 Å². The molecule has 0 aromatic heterocycles. The number of carbonyl (C=O) groups is 2. The Morgan fingerprint density at radius 2 is 2.21 bits per heavy atom. The molecule has 2 atom stereocenters. The van der Waals surface area contributed by atoms with E-state index in [4.69, 9.17) is 21.4 Å². The molecule has 1 aliphatic heterocycles. The van der Waals surface area contributed by atoms with Crippen LogP contribution in [0.15, 0.2) is 24.3 Å². The number of piperidine rings is 1. The summed E-state index contributed by atoms with van der Waals surface area (Å²) < 4.78 is 5.83. The van der Waals surface area contributed by atoms with Crippen LogP contribution in [0, 0.1) is 5.92 Å². The topological polar surface area (TPSA) is 78.9 Å². The first kappa shape index (κ1) is 18.4. The summed E-state index contributed by atoms with van der Waals surface area (Å²) in [5.41, 5.74) is 0. The van der Waals surface area contributed by atoms with E-state index in [1.54, 1.807) is 17.0 Å². The van der Waals surface area contributed by atoms with E-state index in [2.05, 4.69) is 5.32 Å². The molecule has 0 radical (unpaired) electrons. The SMILES string of the molecule is CCC(CNC(=O)N1CCCC(C(=O)O)C1)Oc1ccccc1Cl. The van der Waals surface area contributed by atoms with Crippen LogP contribution in [0.3, 0.4) is 0 Å². The molecular weight excluding hydrogens is 332 g/mol. The van der Waals surface area contributed by atoms with Crippen LogP contribution < -0.4 is 10.1 Å². The number of nitrogens with one attached hydrogen (secondary N) is 1. The molecular formula is C17H23ClN2O4. The van der Waals surface area contributed by atoms with Gasteiger partial charge in [-0.3, -0.25) is 4.79 Å². The zero-order chi connectivity index (χ0) is 17.5. The lowest BCUT2D eigenvalue weighted by molar-refractivity contribution is -0.143. The molecule has 2 N–H and O–H groups in total. The Labute approximate surface area is 146 Å². The molecule has 1 heterocycles. The van der Waals surface area contributed by atoms with Crippen molar-refractivity contribution in [3.8, 4) is 5.75 Å². The fourth-order valence-electron chi connectivity index (χ4n) is 2.67. The maximum atomic E-state index is 12.2. The van der Waals surface area contributed by atoms with Crippen molar-refractivity contribution in [2.45, 2.75) is 32.3 Å². The standard InChI is InChI=1S/C17H23ClN2O4/c1-2-13(24-15-8-4-3-7-14(15)18)10-19-17(23)20-9-5-6-12(11-20)16(21)22/h3-4,7-8,12-13H,2,5-6,9-11H2,1H3,(H,19,23)(H,21,22). The van der Waals surface area contributed by atoms with Crippen molar-refractivity contribution in [1.29, 1.82) is 0 Å². The highest BCUT2D eigenvalue weighted by Gasteiger charge is 2.28. The Kier molecular flexibility index (Phi) is 6.73. The Bertz CT molecular complexity index is 581. The van der Waals surface area contributed by atoms with Crippen molar-refractivity contribution in [3.63, 3.8) is 0 Å². The third-order valence-electron chi connectivity index (χ3n) is 4.12. The quantitative estimate of drug-likeness (QED) is 0.823. The average Bonchev–Trinajstić information content (AvgIpc) is 2.60. The third kappa shape index (κ3) is 5.03. The molecule has 7 heteroatoms. The molecule has 0 saturated carbocycles. The smallest absolute Gasteiger partial charge is 0.317 e. The van der Waals surface area contributed by atoms with Crippen molar-refractivity contribution in [1.82, 2.24) is 10.2 Å². The number of nitrogens with zero attached hydrogens (tertiary/aromatic N) is 1. The second-order valence-electron chi connectivity index (χ2n) is 5.89. The van der Waals surface area contributed by atoms with Gasteiger partial charge in [-0.15, -0.1) is 0 Å². The molecule has 24 heavy (non-hydrogen) atoms. The lowest BCUT2D eigenvalue weighted by Gasteiger charge is -2.31. The van der Waals surface area contributed by atoms with Gasteiger partial charge in [0.15, 0.2) is 0 Å². The first-order valence-electron chi connectivity index (χ1n) is 8.18. The van der Waals surface area contributed by atoms with Crippen molar-refractivity contribution in [2.24, 2.45) is 5.92 Å². The van der Waals surface area contributed by atoms with Gasteiger partial charge in [0.05, 0.1) is 17.5 Å². The predicted octanol–water partition coefficient (Wildman–Crippen LogP) is 3.00. The molecule has 1 aromatic rings. The molecule has 0 aliphatic carbocycles. The van der Waals surface area contributed by atoms with E-state index in [1.807, 2.05) is 19.1 Å². The van der Waals surface area contributed by atoms with Gasteiger partial charge in [-0.2, -0.15) is 0 Å². The monoisotopic (exact) mass is 354 g/mol. The van der Waals surface area contributed by atoms with Crippen molar-refractivity contribution in [3.05, 3.63) is 29.3 Å². The summed E-state index contributed by atoms with van der Waals surface area (Å²) >= 11 is 6.08. The summed E-state index contributed by atoms with van der Waals surface area (Å²) in [4.78, 5) is 24.9. The summed E-state index contributed by atoms with van der Waals surface area (Å²) in [7, 11) is 0. The van der Waals surface area contributed by atoms with E-state index in [-0.39, 0.29) is 18.7 Å². The number of ether oxygens (including phenoxy) is 1. The molecule has 2 unspecified atom stereocenters. The highest BCUT2D eigenvalue weighted by Crippen LogP contribution is 2.24. The second-order valence-corrected chi connectivity index (χ2v) is 6.30. The first-order valence-corrected chi connectivity index (χ1v) is 8.55. The van der Waals surface area contributed by atoms with E-state index in [0.29, 0.717) is 43.1 Å². The van der Waals surface area contributed by atoms with Crippen LogP contribution in [0.1, 0.15) is 26.2 Å². The molecule has 6 nitrogen and oxygen atoms in total. The number of rotatable bonds is 6. The number of carbonyl (C=O) groups excluding carboxylic acids is 1. The molecule has 1 saturated heterocycles. The van der Waals surface area contributed by atoms with Crippen LogP contribution in [-0.2, 0) is 4.79 Å². The average molecular weight is 355 g/mol. The van der Waals surface area contributed by atoms with E-state index in [9.17, 15) is 9.59 Å². The summed E-state index contributed by atoms with van der Waals surface area (Å²) in [6.07, 6.45) is 1.83. The van der Waals surface area contributed by atoms with E-state index in [1.165, 1.54) is 0 Å². The number of aliphatic carboxylic acids is 1. The number of para-hydroxylation sites is 1. The van der Waals surface area contributed by atoms with Crippen molar-refractivity contribution in [2.75, 3.05) is 19.6 Å². The number of carboxylic acids is 1. The van der Waals surface area contributed by atoms with Crippen LogP contribution in [0.4, 0.5) is 4.79 Å². The van der Waals surface area contributed by atoms with Gasteiger partial charge in [0.2, 0.25) is 0 Å². The summed E-state index contributed by atoms with van der Waals surface area (Å²) in [5.74, 6) is -0.740. The van der Waals surface area contributed by atoms with Gasteiger partial charge in [0.1, 0.15) is 11.9 Å². The van der Waals surface area contributed by atoms with Crippen LogP contribution in [0.5, 0.6) is 5.75 Å². The normalized spacial score (nSPS) is 18.8. The first-order chi connectivity index (χ1) is 11.5. The minimum atomic E-state index is -0.846. The van der Waals surface area contributed by atoms with Gasteiger partial charge in [0, 0.05) is 13.1 Å². The Morgan fingerprint density at radius 1 is 1.46 bits per heavy atom. The number of hydrogen-bond acceptors (Lipinski definition) is 3.